The van der Waals surface area contributed by atoms with Crippen molar-refractivity contribution < 1.29 is 4.74 Å². The minimum Gasteiger partial charge on any atom is -0.481 e. The van der Waals surface area contributed by atoms with Crippen LogP contribution in [0.25, 0.3) is 0 Å². The molecule has 7 nitrogen and oxygen atoms in total. The van der Waals surface area contributed by atoms with Gasteiger partial charge in [-0.1, -0.05) is 6.92 Å². The number of likely N-dealkylation sites (tertiary alicyclic amines) is 1. The molecule has 3 N–H and O–H groups in total. The molecule has 22 heavy (non-hydrogen) atoms. The number of aromatic nitrogens is 2. The number of nitrogens with one attached hydrogen (secondary N) is 1. The zero-order valence-corrected chi connectivity index (χ0v) is 14.1. The second-order valence-electron chi connectivity index (χ2n) is 5.70. The average molecular weight is 308 g/mol. The van der Waals surface area contributed by atoms with Gasteiger partial charge in [0.2, 0.25) is 5.88 Å². The minimum atomic E-state index is 0.476. The van der Waals surface area contributed by atoms with Gasteiger partial charge in [0, 0.05) is 19.6 Å². The van der Waals surface area contributed by atoms with Gasteiger partial charge in [-0.2, -0.15) is 5.10 Å². The highest BCUT2D eigenvalue weighted by atomic mass is 16.5. The minimum absolute atomic E-state index is 0.476. The number of guanidine groups is 1. The van der Waals surface area contributed by atoms with E-state index in [0.717, 1.165) is 30.2 Å². The van der Waals surface area contributed by atoms with Crippen molar-refractivity contribution in [2.24, 2.45) is 17.8 Å². The van der Waals surface area contributed by atoms with Crippen molar-refractivity contribution in [2.45, 2.75) is 39.3 Å². The summed E-state index contributed by atoms with van der Waals surface area (Å²) in [5.74, 6) is 1.22. The molecule has 7 heteroatoms. The lowest BCUT2D eigenvalue weighted by Crippen LogP contribution is -2.42. The first kappa shape index (κ1) is 16.6. The number of methoxy groups -OCH3 is 1. The van der Waals surface area contributed by atoms with E-state index in [1.165, 1.54) is 19.4 Å². The Balaban J connectivity index is 1.90. The van der Waals surface area contributed by atoms with Gasteiger partial charge in [-0.25, -0.2) is 9.67 Å². The third-order valence-electron chi connectivity index (χ3n) is 4.31. The van der Waals surface area contributed by atoms with Crippen molar-refractivity contribution in [3.8, 4) is 5.88 Å². The maximum absolute atomic E-state index is 5.99. The van der Waals surface area contributed by atoms with Crippen LogP contribution in [0.4, 0.5) is 0 Å². The summed E-state index contributed by atoms with van der Waals surface area (Å²) >= 11 is 0. The quantitative estimate of drug-likeness (QED) is 0.595. The summed E-state index contributed by atoms with van der Waals surface area (Å²) in [5.41, 5.74) is 7.89. The zero-order chi connectivity index (χ0) is 16.1. The maximum atomic E-state index is 5.99. The van der Waals surface area contributed by atoms with Gasteiger partial charge in [-0.15, -0.1) is 0 Å². The third-order valence-corrected chi connectivity index (χ3v) is 4.31. The van der Waals surface area contributed by atoms with Gasteiger partial charge in [0.1, 0.15) is 0 Å². The lowest BCUT2D eigenvalue weighted by Gasteiger charge is -2.23. The van der Waals surface area contributed by atoms with Crippen LogP contribution < -0.4 is 15.8 Å². The van der Waals surface area contributed by atoms with E-state index < -0.39 is 0 Å². The van der Waals surface area contributed by atoms with E-state index in [2.05, 4.69) is 27.2 Å². The molecule has 0 amide bonds. The fourth-order valence-corrected chi connectivity index (χ4v) is 3.10. The van der Waals surface area contributed by atoms with Gasteiger partial charge in [-0.3, -0.25) is 4.90 Å². The Morgan fingerprint density at radius 3 is 3.00 bits per heavy atom. The van der Waals surface area contributed by atoms with Crippen LogP contribution >= 0.6 is 0 Å². The van der Waals surface area contributed by atoms with E-state index in [0.29, 0.717) is 18.5 Å². The lowest BCUT2D eigenvalue weighted by atomic mass is 10.2. The Morgan fingerprint density at radius 1 is 1.55 bits per heavy atom. The summed E-state index contributed by atoms with van der Waals surface area (Å²) in [5, 5.41) is 7.59. The molecule has 1 aliphatic heterocycles. The molecule has 0 bridgehead atoms. The van der Waals surface area contributed by atoms with Crippen LogP contribution in [0.15, 0.2) is 4.99 Å². The molecule has 2 heterocycles. The van der Waals surface area contributed by atoms with Gasteiger partial charge in [0.15, 0.2) is 5.96 Å². The summed E-state index contributed by atoms with van der Waals surface area (Å²) in [4.78, 5) is 6.90. The molecule has 0 radical (unpaired) electrons. The smallest absolute Gasteiger partial charge is 0.216 e. The van der Waals surface area contributed by atoms with Crippen LogP contribution in [0.2, 0.25) is 0 Å². The van der Waals surface area contributed by atoms with Crippen LogP contribution in [-0.4, -0.2) is 53.4 Å². The van der Waals surface area contributed by atoms with Crippen molar-refractivity contribution in [3.05, 3.63) is 11.3 Å². The Hall–Kier alpha value is -1.76. The third kappa shape index (κ3) is 3.71. The summed E-state index contributed by atoms with van der Waals surface area (Å²) < 4.78 is 7.09. The highest BCUT2D eigenvalue weighted by molar-refractivity contribution is 5.77. The largest absolute Gasteiger partial charge is 0.481 e. The van der Waals surface area contributed by atoms with Crippen LogP contribution in [0.1, 0.15) is 31.0 Å². The van der Waals surface area contributed by atoms with Crippen molar-refractivity contribution >= 4 is 5.96 Å². The van der Waals surface area contributed by atoms with Gasteiger partial charge in [0.25, 0.3) is 0 Å². The molecule has 1 unspecified atom stereocenters. The van der Waals surface area contributed by atoms with Crippen LogP contribution in [0.3, 0.4) is 0 Å². The highest BCUT2D eigenvalue weighted by Gasteiger charge is 2.22. The van der Waals surface area contributed by atoms with Crippen molar-refractivity contribution in [1.82, 2.24) is 20.0 Å². The molecular weight excluding hydrogens is 280 g/mol. The van der Waals surface area contributed by atoms with E-state index >= 15 is 0 Å². The summed E-state index contributed by atoms with van der Waals surface area (Å²) in [6.45, 7) is 7.76. The first-order valence-electron chi connectivity index (χ1n) is 7.91. The molecule has 124 valence electrons. The lowest BCUT2D eigenvalue weighted by molar-refractivity contribution is 0.267. The second kappa shape index (κ2) is 7.49. The average Bonchev–Trinajstić information content (AvgIpc) is 3.06. The molecule has 1 aromatic rings. The normalized spacial score (nSPS) is 19.6. The number of rotatable bonds is 6. The van der Waals surface area contributed by atoms with Gasteiger partial charge < -0.3 is 15.8 Å². The summed E-state index contributed by atoms with van der Waals surface area (Å²) in [7, 11) is 3.50. The molecule has 1 atom stereocenters. The molecule has 0 aromatic carbocycles. The van der Waals surface area contributed by atoms with E-state index in [-0.39, 0.29) is 0 Å². The van der Waals surface area contributed by atoms with Gasteiger partial charge in [0.05, 0.1) is 24.9 Å². The molecule has 1 fully saturated rings. The number of ether oxygens (including phenoxy) is 1. The topological polar surface area (TPSA) is 80.7 Å². The van der Waals surface area contributed by atoms with Crippen LogP contribution in [-0.2, 0) is 13.6 Å². The fourth-order valence-electron chi connectivity index (χ4n) is 3.10. The molecule has 1 aromatic heterocycles. The zero-order valence-electron chi connectivity index (χ0n) is 14.1. The number of hydrogen-bond acceptors (Lipinski definition) is 4. The summed E-state index contributed by atoms with van der Waals surface area (Å²) in [6, 6.07) is 0.563. The monoisotopic (exact) mass is 308 g/mol. The van der Waals surface area contributed by atoms with Gasteiger partial charge >= 0.3 is 0 Å². The first-order chi connectivity index (χ1) is 10.6. The molecule has 1 saturated heterocycles. The number of nitrogens with zero attached hydrogens (tertiary/aromatic N) is 4. The molecule has 0 spiro atoms. The Kier molecular flexibility index (Phi) is 5.65. The fraction of sp³-hybridized carbons (Fsp3) is 0.733. The summed E-state index contributed by atoms with van der Waals surface area (Å²) in [6.07, 6.45) is 2.49. The van der Waals surface area contributed by atoms with E-state index in [4.69, 9.17) is 10.5 Å². The highest BCUT2D eigenvalue weighted by Crippen LogP contribution is 2.21. The predicted molar refractivity (Wildman–Crippen MR) is 88.1 cm³/mol. The van der Waals surface area contributed by atoms with Crippen molar-refractivity contribution in [2.75, 3.05) is 26.7 Å². The van der Waals surface area contributed by atoms with E-state index in [1.807, 2.05) is 14.0 Å². The molecule has 1 aliphatic rings. The molecular formula is C15H28N6O. The van der Waals surface area contributed by atoms with E-state index in [9.17, 15) is 0 Å². The Labute approximate surface area is 132 Å². The number of likely N-dealkylation sites (N-methyl/N-ethyl adjacent to an activating group) is 1. The number of aliphatic imine (C=N–C) groups is 1. The first-order valence-corrected chi connectivity index (χ1v) is 7.91. The molecule has 0 saturated carbocycles. The van der Waals surface area contributed by atoms with Gasteiger partial charge in [-0.05, 0) is 32.9 Å². The van der Waals surface area contributed by atoms with Crippen molar-refractivity contribution in [3.63, 3.8) is 0 Å². The predicted octanol–water partition coefficient (Wildman–Crippen LogP) is 0.626. The SMILES string of the molecule is CCN1CCCC1CNC(N)=NCc1c(C)nn(C)c1OC. The van der Waals surface area contributed by atoms with Crippen LogP contribution in [0, 0.1) is 6.92 Å². The second-order valence-corrected chi connectivity index (χ2v) is 5.70. The molecule has 0 aliphatic carbocycles. The maximum Gasteiger partial charge on any atom is 0.216 e. The Bertz CT molecular complexity index is 524. The van der Waals surface area contributed by atoms with Crippen molar-refractivity contribution in [1.29, 1.82) is 0 Å². The Morgan fingerprint density at radius 2 is 2.32 bits per heavy atom. The standard InChI is InChI=1S/C15H28N6O/c1-5-21-8-6-7-12(21)9-17-15(16)18-10-13-11(2)19-20(3)14(13)22-4/h12H,5-10H2,1-4H3,(H3,16,17,18). The van der Waals surface area contributed by atoms with Crippen LogP contribution in [0.5, 0.6) is 5.88 Å². The number of hydrogen-bond donors (Lipinski definition) is 2. The molecule has 2 rings (SSSR count). The number of nitrogens with two attached hydrogens (primary N) is 1. The number of aryl methyl sites for hydroxylation is 2. The van der Waals surface area contributed by atoms with E-state index in [1.54, 1.807) is 11.8 Å².